The van der Waals surface area contributed by atoms with Crippen molar-refractivity contribution in [1.29, 1.82) is 0 Å². The van der Waals surface area contributed by atoms with Gasteiger partial charge in [-0.05, 0) is 0 Å². The molecule has 0 spiro atoms. The van der Waals surface area contributed by atoms with Gasteiger partial charge in [-0.3, -0.25) is 0 Å². The molecule has 2 aromatic carbocycles. The molecule has 2 aromatic rings. The summed E-state index contributed by atoms with van der Waals surface area (Å²) in [5, 5.41) is 0. The third-order valence-corrected chi connectivity index (χ3v) is 40.0. The van der Waals surface area contributed by atoms with Crippen molar-refractivity contribution in [2.24, 2.45) is 0 Å². The Hall–Kier alpha value is -0.690. The Labute approximate surface area is 171 Å². The predicted molar refractivity (Wildman–Crippen MR) is 118 cm³/mol. The Morgan fingerprint density at radius 2 is 1.15 bits per heavy atom. The summed E-state index contributed by atoms with van der Waals surface area (Å²) in [4.78, 5) is 0. The van der Waals surface area contributed by atoms with E-state index in [1.165, 1.54) is 44.5 Å². The number of aryl methyl sites for hydroxylation is 2. The molecule has 0 fully saturated rings. The van der Waals surface area contributed by atoms with Crippen LogP contribution in [-0.2, 0) is 17.7 Å². The normalized spacial score (nSPS) is 22.6. The predicted octanol–water partition coefficient (Wildman–Crippen LogP) is 7.48. The molecule has 2 atom stereocenters. The Morgan fingerprint density at radius 3 is 1.52 bits per heavy atom. The Kier molecular flexibility index (Phi) is 5.07. The van der Waals surface area contributed by atoms with Gasteiger partial charge in [0.15, 0.2) is 0 Å². The van der Waals surface area contributed by atoms with Gasteiger partial charge in [-0.25, -0.2) is 0 Å². The first-order valence-corrected chi connectivity index (χ1v) is 22.0. The van der Waals surface area contributed by atoms with Gasteiger partial charge in [-0.1, -0.05) is 0 Å². The van der Waals surface area contributed by atoms with Crippen molar-refractivity contribution in [3.63, 3.8) is 0 Å². The Morgan fingerprint density at radius 1 is 0.741 bits per heavy atom. The molecule has 0 saturated heterocycles. The zero-order valence-electron chi connectivity index (χ0n) is 17.2. The molecular weight excluding hydrogens is 443 g/mol. The molecule has 0 radical (unpaired) electrons. The molecule has 2 aliphatic rings. The summed E-state index contributed by atoms with van der Waals surface area (Å²) >= 11 is -3.18. The van der Waals surface area contributed by atoms with Crippen LogP contribution < -0.4 is 0 Å². The third-order valence-electron chi connectivity index (χ3n) is 6.60. The molecule has 0 N–H and O–H groups in total. The number of hydrogen-bond acceptors (Lipinski definition) is 0. The van der Waals surface area contributed by atoms with Crippen LogP contribution in [0.3, 0.4) is 0 Å². The summed E-state index contributed by atoms with van der Waals surface area (Å²) < 4.78 is 0.971. The van der Waals surface area contributed by atoms with Crippen molar-refractivity contribution in [2.75, 3.05) is 0 Å². The van der Waals surface area contributed by atoms with Gasteiger partial charge in [0, 0.05) is 0 Å². The Balaban J connectivity index is 1.99. The molecule has 3 heteroatoms. The van der Waals surface area contributed by atoms with E-state index in [1.807, 2.05) is 0 Å². The van der Waals surface area contributed by atoms with E-state index < -0.39 is 23.1 Å². The van der Waals surface area contributed by atoms with Crippen LogP contribution in [0.15, 0.2) is 47.5 Å². The van der Waals surface area contributed by atoms with Crippen molar-refractivity contribution < 1.29 is 17.7 Å². The number of halogens is 1. The second-order valence-electron chi connectivity index (χ2n) is 8.57. The summed E-state index contributed by atoms with van der Waals surface area (Å²) in [5.74, 6) is 0. The number of rotatable bonds is 2. The molecule has 2 aliphatic carbocycles. The number of hydrogen-bond donors (Lipinski definition) is 0. The van der Waals surface area contributed by atoms with E-state index in [1.54, 1.807) is 0 Å². The molecule has 2 unspecified atom stereocenters. The monoisotopic (exact) mass is 469 g/mol. The van der Waals surface area contributed by atoms with E-state index in [2.05, 4.69) is 89.3 Å². The number of fused-ring (bicyclic) bond motifs is 2. The molecular formula is C24H28ClSiZr. The maximum atomic E-state index is 8.01. The van der Waals surface area contributed by atoms with Gasteiger partial charge in [-0.15, -0.1) is 0 Å². The number of allylic oxidation sites excluding steroid dienone is 2. The summed E-state index contributed by atoms with van der Waals surface area (Å²) in [6, 6.07) is 13.6. The van der Waals surface area contributed by atoms with Crippen LogP contribution in [0, 0.1) is 13.8 Å². The average Bonchev–Trinajstić information content (AvgIpc) is 3.13. The second-order valence-corrected chi connectivity index (χ2v) is 35.0. The van der Waals surface area contributed by atoms with E-state index in [0.29, 0.717) is 7.25 Å². The van der Waals surface area contributed by atoms with Crippen LogP contribution >= 0.6 is 8.51 Å². The minimum atomic E-state index is -3.18. The van der Waals surface area contributed by atoms with Gasteiger partial charge in [-0.2, -0.15) is 0 Å². The molecule has 27 heavy (non-hydrogen) atoms. The fourth-order valence-corrected chi connectivity index (χ4v) is 30.9. The van der Waals surface area contributed by atoms with Crippen molar-refractivity contribution in [3.05, 3.63) is 80.9 Å². The van der Waals surface area contributed by atoms with Crippen molar-refractivity contribution in [3.8, 4) is 0 Å². The van der Waals surface area contributed by atoms with Crippen LogP contribution in [0.1, 0.15) is 54.5 Å². The molecule has 0 bridgehead atoms. The van der Waals surface area contributed by atoms with E-state index in [4.69, 9.17) is 8.51 Å². The second kappa shape index (κ2) is 6.97. The SMILES string of the molecule is CC1=Cc2c(C)cccc2[CH]1[Zr]([Cl])([CH]1C(C)=Cc2c(C)cccc21)=[Si](C)C. The van der Waals surface area contributed by atoms with Crippen LogP contribution in [0.2, 0.25) is 13.1 Å². The molecule has 0 heterocycles. The zero-order valence-corrected chi connectivity index (χ0v) is 21.4. The summed E-state index contributed by atoms with van der Waals surface area (Å²) in [7, 11) is 8.01. The van der Waals surface area contributed by atoms with Gasteiger partial charge in [0.05, 0.1) is 0 Å². The summed E-state index contributed by atoms with van der Waals surface area (Å²) in [6.07, 6.45) is 4.86. The van der Waals surface area contributed by atoms with Crippen LogP contribution in [0.25, 0.3) is 12.2 Å². The van der Waals surface area contributed by atoms with Crippen LogP contribution in [0.4, 0.5) is 0 Å². The van der Waals surface area contributed by atoms with Crippen molar-refractivity contribution >= 4 is 26.1 Å². The standard InChI is InChI=1S/2C11H11.C2H6Si.ClH.Zr/c2*1-8-6-10-5-3-4-9(2)11(10)7-8;1-3-2;;/h2*3-7H,1-2H3;1-2H3;1H;/q;;;;+1/p-1. The van der Waals surface area contributed by atoms with Crippen molar-refractivity contribution in [1.82, 2.24) is 0 Å². The van der Waals surface area contributed by atoms with E-state index in [-0.39, 0.29) is 0 Å². The zero-order chi connectivity index (χ0) is 19.5. The first kappa shape index (κ1) is 19.6. The average molecular weight is 471 g/mol. The van der Waals surface area contributed by atoms with Gasteiger partial charge in [0.25, 0.3) is 0 Å². The molecule has 0 amide bonds. The van der Waals surface area contributed by atoms with Crippen LogP contribution in [0.5, 0.6) is 0 Å². The number of benzene rings is 2. The van der Waals surface area contributed by atoms with Crippen molar-refractivity contribution in [2.45, 2.75) is 48.0 Å². The molecule has 0 aliphatic heterocycles. The van der Waals surface area contributed by atoms with Gasteiger partial charge in [0.2, 0.25) is 0 Å². The Bertz CT molecular complexity index is 992. The molecule has 4 rings (SSSR count). The van der Waals surface area contributed by atoms with Gasteiger partial charge >= 0.3 is 173 Å². The molecule has 0 saturated carbocycles. The van der Waals surface area contributed by atoms with E-state index >= 15 is 0 Å². The van der Waals surface area contributed by atoms with Gasteiger partial charge < -0.3 is 0 Å². The van der Waals surface area contributed by atoms with E-state index in [0.717, 1.165) is 0 Å². The fraction of sp³-hybridized carbons (Fsp3) is 0.333. The molecule has 0 nitrogen and oxygen atoms in total. The minimum absolute atomic E-state index is 0.486. The topological polar surface area (TPSA) is 0 Å². The van der Waals surface area contributed by atoms with Crippen LogP contribution in [-0.4, -0.2) is 5.43 Å². The first-order chi connectivity index (χ1) is 12.8. The summed E-state index contributed by atoms with van der Waals surface area (Å²) in [5.41, 5.74) is 11.1. The quantitative estimate of drug-likeness (QED) is 0.399. The molecule has 0 aromatic heterocycles. The third kappa shape index (κ3) is 2.86. The maximum absolute atomic E-state index is 8.01. The molecule has 139 valence electrons. The fourth-order valence-electron chi connectivity index (χ4n) is 5.28. The first-order valence-electron chi connectivity index (χ1n) is 9.81. The van der Waals surface area contributed by atoms with Gasteiger partial charge in [0.1, 0.15) is 0 Å². The summed E-state index contributed by atoms with van der Waals surface area (Å²) in [6.45, 7) is 14.1. The van der Waals surface area contributed by atoms with E-state index in [9.17, 15) is 0 Å².